The van der Waals surface area contributed by atoms with Gasteiger partial charge in [0.1, 0.15) is 5.82 Å². The lowest BCUT2D eigenvalue weighted by atomic mass is 9.79. The van der Waals surface area contributed by atoms with Crippen molar-refractivity contribution < 1.29 is 9.13 Å². The Kier molecular flexibility index (Phi) is 3.72. The lowest BCUT2D eigenvalue weighted by Gasteiger charge is -2.33. The maximum atomic E-state index is 14.0. The van der Waals surface area contributed by atoms with Crippen LogP contribution in [0.5, 0.6) is 0 Å². The maximum Gasteiger partial charge on any atom is 0.127 e. The first-order chi connectivity index (χ1) is 8.77. The van der Waals surface area contributed by atoms with E-state index in [0.29, 0.717) is 0 Å². The molecule has 0 radical (unpaired) electrons. The van der Waals surface area contributed by atoms with Crippen molar-refractivity contribution in [2.45, 2.75) is 51.4 Å². The zero-order valence-electron chi connectivity index (χ0n) is 12.5. The standard InChI is InChI=1S/C16H24FNO/c1-15(2)10-12(16(3,4)19-15)14(18-5)11-8-6-7-9-13(11)17/h6-9,12,14,18H,10H2,1-5H3. The van der Waals surface area contributed by atoms with Gasteiger partial charge in [0.2, 0.25) is 0 Å². The summed E-state index contributed by atoms with van der Waals surface area (Å²) in [6.07, 6.45) is 0.917. The van der Waals surface area contributed by atoms with Gasteiger partial charge < -0.3 is 10.1 Å². The van der Waals surface area contributed by atoms with Crippen LogP contribution in [0.4, 0.5) is 4.39 Å². The van der Waals surface area contributed by atoms with Gasteiger partial charge in [0.25, 0.3) is 0 Å². The van der Waals surface area contributed by atoms with Crippen molar-refractivity contribution in [3.05, 3.63) is 35.6 Å². The van der Waals surface area contributed by atoms with Crippen molar-refractivity contribution in [1.29, 1.82) is 0 Å². The van der Waals surface area contributed by atoms with Crippen LogP contribution in [-0.2, 0) is 4.74 Å². The molecule has 0 saturated carbocycles. The fourth-order valence-electron chi connectivity index (χ4n) is 3.42. The molecule has 0 amide bonds. The van der Waals surface area contributed by atoms with Gasteiger partial charge in [0, 0.05) is 17.5 Å². The van der Waals surface area contributed by atoms with Gasteiger partial charge in [0.15, 0.2) is 0 Å². The van der Waals surface area contributed by atoms with Crippen LogP contribution in [0, 0.1) is 11.7 Å². The van der Waals surface area contributed by atoms with E-state index < -0.39 is 0 Å². The van der Waals surface area contributed by atoms with E-state index in [2.05, 4.69) is 33.0 Å². The molecule has 2 unspecified atom stereocenters. The Morgan fingerprint density at radius 3 is 2.37 bits per heavy atom. The van der Waals surface area contributed by atoms with Gasteiger partial charge in [-0.25, -0.2) is 4.39 Å². The third-order valence-corrected chi connectivity index (χ3v) is 4.10. The number of hydrogen-bond donors (Lipinski definition) is 1. The normalized spacial score (nSPS) is 26.3. The third-order valence-electron chi connectivity index (χ3n) is 4.10. The van der Waals surface area contributed by atoms with Gasteiger partial charge in [0.05, 0.1) is 11.2 Å². The summed E-state index contributed by atoms with van der Waals surface area (Å²) in [5, 5.41) is 3.27. The van der Waals surface area contributed by atoms with Crippen molar-refractivity contribution in [2.24, 2.45) is 5.92 Å². The monoisotopic (exact) mass is 265 g/mol. The van der Waals surface area contributed by atoms with E-state index >= 15 is 0 Å². The van der Waals surface area contributed by atoms with Crippen LogP contribution in [-0.4, -0.2) is 18.2 Å². The number of nitrogens with one attached hydrogen (secondary N) is 1. The summed E-state index contributed by atoms with van der Waals surface area (Å²) in [6, 6.07) is 6.96. The summed E-state index contributed by atoms with van der Waals surface area (Å²) in [4.78, 5) is 0. The van der Waals surface area contributed by atoms with E-state index in [1.165, 1.54) is 6.07 Å². The minimum Gasteiger partial charge on any atom is -0.369 e. The number of halogens is 1. The predicted octanol–water partition coefficient (Wildman–Crippen LogP) is 3.68. The van der Waals surface area contributed by atoms with Crippen molar-refractivity contribution in [3.63, 3.8) is 0 Å². The zero-order valence-corrected chi connectivity index (χ0v) is 12.5. The minimum atomic E-state index is -0.264. The number of hydrogen-bond acceptors (Lipinski definition) is 2. The summed E-state index contributed by atoms with van der Waals surface area (Å²) in [6.45, 7) is 8.39. The maximum absolute atomic E-state index is 14.0. The molecule has 1 aromatic rings. The molecule has 0 spiro atoms. The molecule has 0 aliphatic carbocycles. The fourth-order valence-corrected chi connectivity index (χ4v) is 3.42. The lowest BCUT2D eigenvalue weighted by Crippen LogP contribution is -2.37. The van der Waals surface area contributed by atoms with Gasteiger partial charge in [-0.2, -0.15) is 0 Å². The van der Waals surface area contributed by atoms with E-state index in [4.69, 9.17) is 4.74 Å². The largest absolute Gasteiger partial charge is 0.369 e. The van der Waals surface area contributed by atoms with Crippen LogP contribution >= 0.6 is 0 Å². The van der Waals surface area contributed by atoms with Gasteiger partial charge >= 0.3 is 0 Å². The Morgan fingerprint density at radius 2 is 1.89 bits per heavy atom. The molecule has 2 atom stereocenters. The molecule has 19 heavy (non-hydrogen) atoms. The quantitative estimate of drug-likeness (QED) is 0.900. The number of ether oxygens (including phenoxy) is 1. The van der Waals surface area contributed by atoms with Crippen LogP contribution in [0.2, 0.25) is 0 Å². The molecule has 106 valence electrons. The molecule has 3 heteroatoms. The molecule has 2 nitrogen and oxygen atoms in total. The summed E-state index contributed by atoms with van der Waals surface area (Å²) < 4.78 is 20.2. The smallest absolute Gasteiger partial charge is 0.127 e. The van der Waals surface area contributed by atoms with E-state index in [1.807, 2.05) is 19.2 Å². The second-order valence-electron chi connectivity index (χ2n) is 6.56. The average molecular weight is 265 g/mol. The van der Waals surface area contributed by atoms with Gasteiger partial charge in [-0.05, 0) is 47.2 Å². The molecule has 1 aliphatic heterocycles. The molecule has 1 saturated heterocycles. The van der Waals surface area contributed by atoms with Gasteiger partial charge in [-0.15, -0.1) is 0 Å². The van der Waals surface area contributed by atoms with Crippen molar-refractivity contribution >= 4 is 0 Å². The molecule has 1 fully saturated rings. The molecule has 0 aromatic heterocycles. The first-order valence-electron chi connectivity index (χ1n) is 6.89. The summed E-state index contributed by atoms with van der Waals surface area (Å²) in [5.74, 6) is 0.0896. The highest BCUT2D eigenvalue weighted by molar-refractivity contribution is 5.23. The highest BCUT2D eigenvalue weighted by Gasteiger charge is 2.49. The molecule has 1 heterocycles. The molecule has 1 aromatic carbocycles. The highest BCUT2D eigenvalue weighted by atomic mass is 19.1. The van der Waals surface area contributed by atoms with Gasteiger partial charge in [-0.3, -0.25) is 0 Å². The van der Waals surface area contributed by atoms with Crippen LogP contribution in [0.25, 0.3) is 0 Å². The third kappa shape index (κ3) is 2.82. The molecule has 1 aliphatic rings. The second kappa shape index (κ2) is 4.88. The number of benzene rings is 1. The average Bonchev–Trinajstić information content (AvgIpc) is 2.51. The predicted molar refractivity (Wildman–Crippen MR) is 75.6 cm³/mol. The minimum absolute atomic E-state index is 0.0297. The van der Waals surface area contributed by atoms with Crippen LogP contribution in [0.3, 0.4) is 0 Å². The van der Waals surface area contributed by atoms with E-state index in [9.17, 15) is 4.39 Å². The lowest BCUT2D eigenvalue weighted by molar-refractivity contribution is -0.0777. The van der Waals surface area contributed by atoms with E-state index in [1.54, 1.807) is 6.07 Å². The Morgan fingerprint density at radius 1 is 1.26 bits per heavy atom. The number of rotatable bonds is 3. The highest BCUT2D eigenvalue weighted by Crippen LogP contribution is 2.47. The second-order valence-corrected chi connectivity index (χ2v) is 6.56. The van der Waals surface area contributed by atoms with E-state index in [-0.39, 0.29) is 29.0 Å². The summed E-state index contributed by atoms with van der Waals surface area (Å²) >= 11 is 0. The van der Waals surface area contributed by atoms with Crippen molar-refractivity contribution in [1.82, 2.24) is 5.32 Å². The van der Waals surface area contributed by atoms with E-state index in [0.717, 1.165) is 12.0 Å². The fraction of sp³-hybridized carbons (Fsp3) is 0.625. The first kappa shape index (κ1) is 14.5. The first-order valence-corrected chi connectivity index (χ1v) is 6.89. The Bertz CT molecular complexity index is 456. The molecular formula is C16H24FNO. The topological polar surface area (TPSA) is 21.3 Å². The van der Waals surface area contributed by atoms with Crippen LogP contribution in [0.15, 0.2) is 24.3 Å². The Labute approximate surface area is 115 Å². The summed E-state index contributed by atoms with van der Waals surface area (Å²) in [7, 11) is 1.89. The molecular weight excluding hydrogens is 241 g/mol. The van der Waals surface area contributed by atoms with Crippen LogP contribution in [0.1, 0.15) is 45.7 Å². The molecule has 2 rings (SSSR count). The Balaban J connectivity index is 2.36. The molecule has 1 N–H and O–H groups in total. The SMILES string of the molecule is CNC(c1ccccc1F)C1CC(C)(C)OC1(C)C. The van der Waals surface area contributed by atoms with Gasteiger partial charge in [-0.1, -0.05) is 18.2 Å². The van der Waals surface area contributed by atoms with Crippen LogP contribution < -0.4 is 5.32 Å². The van der Waals surface area contributed by atoms with Crippen molar-refractivity contribution in [3.8, 4) is 0 Å². The molecule has 0 bridgehead atoms. The zero-order chi connectivity index (χ0) is 14.3. The summed E-state index contributed by atoms with van der Waals surface area (Å²) in [5.41, 5.74) is 0.304. The van der Waals surface area contributed by atoms with Crippen molar-refractivity contribution in [2.75, 3.05) is 7.05 Å². The Hall–Kier alpha value is -0.930.